The molecule has 226 valence electrons. The number of carboxylic acid groups (broad SMARTS) is 1. The fourth-order valence-corrected chi connectivity index (χ4v) is 7.13. The van der Waals surface area contributed by atoms with Gasteiger partial charge in [0, 0.05) is 16.8 Å². The summed E-state index contributed by atoms with van der Waals surface area (Å²) in [6, 6.07) is 10.9. The summed E-state index contributed by atoms with van der Waals surface area (Å²) in [5, 5.41) is 10.1. The van der Waals surface area contributed by atoms with Gasteiger partial charge in [-0.25, -0.2) is 9.18 Å². The van der Waals surface area contributed by atoms with E-state index in [-0.39, 0.29) is 5.91 Å². The molecule has 6 rings (SSSR count). The number of halogens is 1. The van der Waals surface area contributed by atoms with Gasteiger partial charge in [-0.2, -0.15) is 0 Å². The lowest BCUT2D eigenvalue weighted by atomic mass is 9.87. The molecule has 0 spiro atoms. The molecular weight excluding hydrogens is 545 g/mol. The topological polar surface area (TPSA) is 76.1 Å². The molecule has 2 atom stereocenters. The first-order chi connectivity index (χ1) is 20.4. The molecule has 1 amide bonds. The highest BCUT2D eigenvalue weighted by atomic mass is 19.1. The van der Waals surface area contributed by atoms with Crippen molar-refractivity contribution in [3.05, 3.63) is 92.3 Å². The summed E-state index contributed by atoms with van der Waals surface area (Å²) in [4.78, 5) is 28.9. The largest absolute Gasteiger partial charge is 0.490 e. The van der Waals surface area contributed by atoms with Gasteiger partial charge >= 0.3 is 5.97 Å². The molecule has 2 heterocycles. The second-order valence-electron chi connectivity index (χ2n) is 13.2. The van der Waals surface area contributed by atoms with Gasteiger partial charge in [0.25, 0.3) is 5.91 Å². The minimum Gasteiger partial charge on any atom is -0.490 e. The van der Waals surface area contributed by atoms with Crippen LogP contribution in [0.5, 0.6) is 5.75 Å². The van der Waals surface area contributed by atoms with Crippen molar-refractivity contribution >= 4 is 17.6 Å². The zero-order valence-corrected chi connectivity index (χ0v) is 25.7. The van der Waals surface area contributed by atoms with E-state index in [0.29, 0.717) is 29.9 Å². The Labute approximate surface area is 252 Å². The van der Waals surface area contributed by atoms with Crippen LogP contribution in [-0.4, -0.2) is 29.2 Å². The Kier molecular flexibility index (Phi) is 7.57. The lowest BCUT2D eigenvalue weighted by Gasteiger charge is -2.31. The Morgan fingerprint density at radius 3 is 2.51 bits per heavy atom. The van der Waals surface area contributed by atoms with Gasteiger partial charge in [0.05, 0.1) is 18.2 Å². The van der Waals surface area contributed by atoms with Crippen molar-refractivity contribution < 1.29 is 28.6 Å². The summed E-state index contributed by atoms with van der Waals surface area (Å²) in [5.74, 6) is -1.26. The third-order valence-electron chi connectivity index (χ3n) is 9.11. The van der Waals surface area contributed by atoms with Crippen LogP contribution in [0, 0.1) is 19.7 Å². The zero-order valence-electron chi connectivity index (χ0n) is 25.7. The van der Waals surface area contributed by atoms with Gasteiger partial charge in [0.1, 0.15) is 0 Å². The number of rotatable bonds is 5. The summed E-state index contributed by atoms with van der Waals surface area (Å²) in [5.41, 5.74) is 7.78. The van der Waals surface area contributed by atoms with Gasteiger partial charge in [-0.05, 0) is 137 Å². The van der Waals surface area contributed by atoms with Gasteiger partial charge in [-0.15, -0.1) is 0 Å². The number of carboxylic acids is 1. The number of aliphatic carboxylic acids is 1. The Hall–Kier alpha value is -3.71. The molecule has 43 heavy (non-hydrogen) atoms. The first kappa shape index (κ1) is 29.4. The summed E-state index contributed by atoms with van der Waals surface area (Å²) >= 11 is 0. The molecule has 7 heteroatoms. The van der Waals surface area contributed by atoms with Crippen molar-refractivity contribution in [1.82, 2.24) is 0 Å². The molecule has 3 aliphatic rings. The van der Waals surface area contributed by atoms with E-state index >= 15 is 4.39 Å². The van der Waals surface area contributed by atoms with E-state index in [4.69, 9.17) is 9.47 Å². The van der Waals surface area contributed by atoms with Gasteiger partial charge in [-0.1, -0.05) is 18.2 Å². The van der Waals surface area contributed by atoms with Crippen LogP contribution < -0.4 is 9.64 Å². The quantitative estimate of drug-likeness (QED) is 0.335. The van der Waals surface area contributed by atoms with Crippen molar-refractivity contribution in [2.24, 2.45) is 0 Å². The Morgan fingerprint density at radius 1 is 1.02 bits per heavy atom. The molecule has 6 nitrogen and oxygen atoms in total. The van der Waals surface area contributed by atoms with Gasteiger partial charge in [-0.3, -0.25) is 4.79 Å². The monoisotopic (exact) mass is 585 g/mol. The fourth-order valence-electron chi connectivity index (χ4n) is 7.13. The van der Waals surface area contributed by atoms with E-state index in [2.05, 4.69) is 6.07 Å². The third kappa shape index (κ3) is 5.33. The number of carbonyl (C=O) groups is 2. The molecule has 1 unspecified atom stereocenters. The summed E-state index contributed by atoms with van der Waals surface area (Å²) < 4.78 is 27.3. The van der Waals surface area contributed by atoms with E-state index < -0.39 is 29.5 Å². The molecule has 0 saturated heterocycles. The second-order valence-corrected chi connectivity index (χ2v) is 13.2. The first-order valence-corrected chi connectivity index (χ1v) is 15.4. The van der Waals surface area contributed by atoms with Crippen LogP contribution in [0.4, 0.5) is 10.1 Å². The maximum atomic E-state index is 15.5. The predicted molar refractivity (Wildman–Crippen MR) is 164 cm³/mol. The Bertz CT molecular complexity index is 1620. The van der Waals surface area contributed by atoms with Crippen molar-refractivity contribution in [2.75, 3.05) is 11.5 Å². The summed E-state index contributed by atoms with van der Waals surface area (Å²) in [7, 11) is 0. The van der Waals surface area contributed by atoms with Crippen LogP contribution in [-0.2, 0) is 35.2 Å². The number of hydrogen-bond acceptors (Lipinski definition) is 4. The molecule has 1 aliphatic carbocycles. The Morgan fingerprint density at radius 2 is 1.77 bits per heavy atom. The molecule has 3 aromatic rings. The third-order valence-corrected chi connectivity index (χ3v) is 9.11. The fraction of sp³-hybridized carbons (Fsp3) is 0.444. The normalized spacial score (nSPS) is 18.4. The van der Waals surface area contributed by atoms with Crippen molar-refractivity contribution in [2.45, 2.75) is 97.3 Å². The number of benzene rings is 3. The number of ether oxygens (including phenoxy) is 2. The number of carbonyl (C=O) groups excluding carboxylic acids is 1. The molecule has 0 fully saturated rings. The number of amides is 1. The van der Waals surface area contributed by atoms with Gasteiger partial charge < -0.3 is 19.5 Å². The standard InChI is InChI=1S/C36H40FNO5/c1-20-16-30-23(17-27(20)33(35(40)41)43-36(3,4)5)18-31(28-19-29(37)32-24(21(28)2)14-9-15-42-32)38(30)34(39)26-13-8-11-22-10-6-7-12-25(22)26/h8,11,13,16-17,19,31,33H,6-7,9-10,12,14-15,18H2,1-5H3,(H,40,41)/t31?,33-/m0/s1. The van der Waals surface area contributed by atoms with E-state index in [1.165, 1.54) is 11.6 Å². The smallest absolute Gasteiger partial charge is 0.337 e. The molecule has 0 bridgehead atoms. The van der Waals surface area contributed by atoms with Crippen LogP contribution in [0.15, 0.2) is 36.4 Å². The van der Waals surface area contributed by atoms with Crippen LogP contribution in [0.3, 0.4) is 0 Å². The van der Waals surface area contributed by atoms with Crippen molar-refractivity contribution in [1.29, 1.82) is 0 Å². The lowest BCUT2D eigenvalue weighted by molar-refractivity contribution is -0.160. The van der Waals surface area contributed by atoms with E-state index in [1.807, 2.05) is 63.8 Å². The van der Waals surface area contributed by atoms with Crippen LogP contribution in [0.1, 0.15) is 107 Å². The van der Waals surface area contributed by atoms with E-state index in [0.717, 1.165) is 77.6 Å². The maximum absolute atomic E-state index is 15.5. The van der Waals surface area contributed by atoms with Crippen LogP contribution in [0.2, 0.25) is 0 Å². The highest BCUT2D eigenvalue weighted by Crippen LogP contribution is 2.47. The second kappa shape index (κ2) is 11.1. The molecular formula is C36H40FNO5. The number of aryl methyl sites for hydroxylation is 2. The van der Waals surface area contributed by atoms with Crippen LogP contribution in [0.25, 0.3) is 0 Å². The summed E-state index contributed by atoms with van der Waals surface area (Å²) in [6.07, 6.45) is 4.78. The first-order valence-electron chi connectivity index (χ1n) is 15.4. The Balaban J connectivity index is 1.51. The number of fused-ring (bicyclic) bond motifs is 3. The minimum absolute atomic E-state index is 0.107. The van der Waals surface area contributed by atoms with Gasteiger partial charge in [0.15, 0.2) is 17.7 Å². The molecule has 2 aliphatic heterocycles. The minimum atomic E-state index is -1.16. The maximum Gasteiger partial charge on any atom is 0.337 e. The number of hydrogen-bond donors (Lipinski definition) is 1. The predicted octanol–water partition coefficient (Wildman–Crippen LogP) is 7.53. The summed E-state index contributed by atoms with van der Waals surface area (Å²) in [6.45, 7) is 9.84. The molecule has 1 N–H and O–H groups in total. The van der Waals surface area contributed by atoms with Crippen molar-refractivity contribution in [3.8, 4) is 5.75 Å². The lowest BCUT2D eigenvalue weighted by Crippen LogP contribution is -2.34. The van der Waals surface area contributed by atoms with Crippen LogP contribution >= 0.6 is 0 Å². The molecule has 0 radical (unpaired) electrons. The number of anilines is 1. The average Bonchev–Trinajstić information content (AvgIpc) is 3.34. The number of nitrogens with zero attached hydrogens (tertiary/aromatic N) is 1. The SMILES string of the molecule is Cc1cc2c(cc1[C@H](OC(C)(C)C)C(=O)O)CC(c1cc(F)c3c(c1C)CCCO3)N2C(=O)c1cccc2c1CCCC2. The zero-order chi connectivity index (χ0) is 30.6. The highest BCUT2D eigenvalue weighted by Gasteiger charge is 2.40. The van der Waals surface area contributed by atoms with E-state index in [9.17, 15) is 14.7 Å². The average molecular weight is 586 g/mol. The molecule has 3 aromatic carbocycles. The molecule has 0 saturated carbocycles. The van der Waals surface area contributed by atoms with Gasteiger partial charge in [0.2, 0.25) is 0 Å². The highest BCUT2D eigenvalue weighted by molar-refractivity contribution is 6.09. The van der Waals surface area contributed by atoms with E-state index in [1.54, 1.807) is 0 Å². The molecule has 0 aromatic heterocycles. The van der Waals surface area contributed by atoms with Crippen molar-refractivity contribution in [3.63, 3.8) is 0 Å².